The Labute approximate surface area is 69.2 Å². The molecule has 0 aromatic rings. The molecule has 0 saturated heterocycles. The Hall–Kier alpha value is -0.120. The Bertz CT molecular complexity index is 98.8. The number of aliphatic hydroxyl groups excluding tert-OH is 1. The van der Waals surface area contributed by atoms with Gasteiger partial charge in [-0.1, -0.05) is 0 Å². The Morgan fingerprint density at radius 2 is 1.82 bits per heavy atom. The molecule has 0 bridgehead atoms. The molecule has 3 N–H and O–H groups in total. The molecule has 68 valence electrons. The highest BCUT2D eigenvalue weighted by Gasteiger charge is 2.10. The van der Waals surface area contributed by atoms with Crippen LogP contribution in [0, 0.1) is 0 Å². The largest absolute Gasteiger partial charge is 0.390 e. The van der Waals surface area contributed by atoms with Crippen LogP contribution in [0.4, 0.5) is 0 Å². The van der Waals surface area contributed by atoms with Gasteiger partial charge in [0.1, 0.15) is 0 Å². The van der Waals surface area contributed by atoms with Crippen molar-refractivity contribution in [3.05, 3.63) is 0 Å². The van der Waals surface area contributed by atoms with Crippen molar-refractivity contribution in [3.8, 4) is 0 Å². The van der Waals surface area contributed by atoms with Crippen LogP contribution in [0.15, 0.2) is 0 Å². The average molecular weight is 160 g/mol. The van der Waals surface area contributed by atoms with E-state index in [4.69, 9.17) is 0 Å². The van der Waals surface area contributed by atoms with E-state index in [1.54, 1.807) is 0 Å². The van der Waals surface area contributed by atoms with Gasteiger partial charge < -0.3 is 15.7 Å². The Morgan fingerprint density at radius 3 is 2.18 bits per heavy atom. The van der Waals surface area contributed by atoms with E-state index in [2.05, 4.69) is 31.4 Å². The van der Waals surface area contributed by atoms with E-state index in [1.807, 2.05) is 7.05 Å². The molecule has 0 unspecified atom stereocenters. The maximum atomic E-state index is 9.29. The summed E-state index contributed by atoms with van der Waals surface area (Å²) in [6.07, 6.45) is -0.292. The maximum absolute atomic E-state index is 9.29. The molecule has 0 aliphatic carbocycles. The molecule has 0 aliphatic heterocycles. The fraction of sp³-hybridized carbons (Fsp3) is 1.00. The monoisotopic (exact) mass is 160 g/mol. The summed E-state index contributed by atoms with van der Waals surface area (Å²) in [5, 5.41) is 15.4. The molecule has 0 aromatic carbocycles. The minimum Gasteiger partial charge on any atom is -0.390 e. The first-order chi connectivity index (χ1) is 4.95. The summed E-state index contributed by atoms with van der Waals surface area (Å²) >= 11 is 0. The van der Waals surface area contributed by atoms with Crippen molar-refractivity contribution in [2.24, 2.45) is 0 Å². The topological polar surface area (TPSA) is 44.3 Å². The van der Waals surface area contributed by atoms with Crippen LogP contribution in [0.2, 0.25) is 0 Å². The zero-order chi connectivity index (χ0) is 8.91. The molecule has 0 amide bonds. The molecule has 0 spiro atoms. The summed E-state index contributed by atoms with van der Waals surface area (Å²) in [6.45, 7) is 7.53. The number of β-amino-alcohol motifs (C(OH)–C–C–N with tert-alkyl or cyclic N) is 1. The van der Waals surface area contributed by atoms with E-state index in [0.717, 1.165) is 0 Å². The first-order valence-electron chi connectivity index (χ1n) is 4.03. The lowest BCUT2D eigenvalue weighted by Gasteiger charge is -2.22. The molecular weight excluding hydrogens is 140 g/mol. The zero-order valence-electron chi connectivity index (χ0n) is 7.94. The molecule has 0 aliphatic rings. The summed E-state index contributed by atoms with van der Waals surface area (Å²) in [5.74, 6) is 0. The minimum atomic E-state index is -0.292. The Balaban J connectivity index is 3.38. The molecular formula is C8H20N2O. The molecule has 1 atom stereocenters. The smallest absolute Gasteiger partial charge is 0.0788 e. The predicted octanol–water partition coefficient (Wildman–Crippen LogP) is -0.0452. The summed E-state index contributed by atoms with van der Waals surface area (Å²) in [6, 6.07) is 0. The zero-order valence-corrected chi connectivity index (χ0v) is 7.94. The van der Waals surface area contributed by atoms with Gasteiger partial charge in [-0.05, 0) is 27.8 Å². The molecule has 11 heavy (non-hydrogen) atoms. The number of likely N-dealkylation sites (N-methyl/N-ethyl adjacent to an activating group) is 1. The van der Waals surface area contributed by atoms with Crippen LogP contribution in [0.1, 0.15) is 20.8 Å². The van der Waals surface area contributed by atoms with E-state index in [-0.39, 0.29) is 11.6 Å². The van der Waals surface area contributed by atoms with Gasteiger partial charge >= 0.3 is 0 Å². The molecule has 0 radical (unpaired) electrons. The highest BCUT2D eigenvalue weighted by molar-refractivity contribution is 4.73. The highest BCUT2D eigenvalue weighted by atomic mass is 16.3. The molecule has 0 fully saturated rings. The Kier molecular flexibility index (Phi) is 4.65. The van der Waals surface area contributed by atoms with Crippen LogP contribution < -0.4 is 10.6 Å². The summed E-state index contributed by atoms with van der Waals surface area (Å²) in [5.41, 5.74) is 0.0920. The highest BCUT2D eigenvalue weighted by Crippen LogP contribution is 1.97. The summed E-state index contributed by atoms with van der Waals surface area (Å²) in [4.78, 5) is 0. The van der Waals surface area contributed by atoms with Crippen molar-refractivity contribution in [1.29, 1.82) is 0 Å². The molecule has 0 rings (SSSR count). The van der Waals surface area contributed by atoms with E-state index < -0.39 is 0 Å². The quantitative estimate of drug-likeness (QED) is 0.540. The SMILES string of the molecule is CNC[C@@H](O)CNC(C)(C)C. The van der Waals surface area contributed by atoms with Crippen molar-refractivity contribution in [1.82, 2.24) is 10.6 Å². The van der Waals surface area contributed by atoms with Crippen LogP contribution >= 0.6 is 0 Å². The Morgan fingerprint density at radius 1 is 1.27 bits per heavy atom. The van der Waals surface area contributed by atoms with Crippen molar-refractivity contribution >= 4 is 0 Å². The van der Waals surface area contributed by atoms with Crippen molar-refractivity contribution in [2.45, 2.75) is 32.4 Å². The minimum absolute atomic E-state index is 0.0920. The number of rotatable bonds is 4. The van der Waals surface area contributed by atoms with Crippen molar-refractivity contribution in [2.75, 3.05) is 20.1 Å². The van der Waals surface area contributed by atoms with Gasteiger partial charge in [0.25, 0.3) is 0 Å². The van der Waals surface area contributed by atoms with E-state index in [1.165, 1.54) is 0 Å². The van der Waals surface area contributed by atoms with E-state index in [0.29, 0.717) is 13.1 Å². The van der Waals surface area contributed by atoms with Crippen molar-refractivity contribution < 1.29 is 5.11 Å². The second-order valence-electron chi connectivity index (χ2n) is 3.84. The van der Waals surface area contributed by atoms with Gasteiger partial charge in [0, 0.05) is 18.6 Å². The number of nitrogens with one attached hydrogen (secondary N) is 2. The normalized spacial score (nSPS) is 15.0. The second kappa shape index (κ2) is 4.70. The second-order valence-corrected chi connectivity index (χ2v) is 3.84. The van der Waals surface area contributed by atoms with Gasteiger partial charge in [-0.25, -0.2) is 0 Å². The number of aliphatic hydroxyl groups is 1. The van der Waals surface area contributed by atoms with Gasteiger partial charge in [0.15, 0.2) is 0 Å². The molecule has 3 nitrogen and oxygen atoms in total. The first kappa shape index (κ1) is 10.9. The van der Waals surface area contributed by atoms with Crippen LogP contribution in [0.25, 0.3) is 0 Å². The van der Waals surface area contributed by atoms with Gasteiger partial charge in [0.05, 0.1) is 6.10 Å². The molecule has 0 heterocycles. The van der Waals surface area contributed by atoms with Gasteiger partial charge in [0.2, 0.25) is 0 Å². The summed E-state index contributed by atoms with van der Waals surface area (Å²) < 4.78 is 0. The third kappa shape index (κ3) is 7.78. The molecule has 0 saturated carbocycles. The summed E-state index contributed by atoms with van der Waals surface area (Å²) in [7, 11) is 1.83. The number of hydrogen-bond donors (Lipinski definition) is 3. The van der Waals surface area contributed by atoms with Crippen LogP contribution in [0.5, 0.6) is 0 Å². The lowest BCUT2D eigenvalue weighted by molar-refractivity contribution is 0.160. The van der Waals surface area contributed by atoms with E-state index >= 15 is 0 Å². The first-order valence-corrected chi connectivity index (χ1v) is 4.03. The average Bonchev–Trinajstić information content (AvgIpc) is 1.83. The van der Waals surface area contributed by atoms with Gasteiger partial charge in [-0.15, -0.1) is 0 Å². The van der Waals surface area contributed by atoms with Crippen LogP contribution in [0.3, 0.4) is 0 Å². The van der Waals surface area contributed by atoms with Gasteiger partial charge in [-0.3, -0.25) is 0 Å². The molecule has 0 aromatic heterocycles. The van der Waals surface area contributed by atoms with E-state index in [9.17, 15) is 5.11 Å². The predicted molar refractivity (Wildman–Crippen MR) is 47.7 cm³/mol. The standard InChI is InChI=1S/C8H20N2O/c1-8(2,3)10-6-7(11)5-9-4/h7,9-11H,5-6H2,1-4H3/t7-/m1/s1. The van der Waals surface area contributed by atoms with Crippen LogP contribution in [-0.2, 0) is 0 Å². The lowest BCUT2D eigenvalue weighted by Crippen LogP contribution is -2.43. The third-order valence-corrected chi connectivity index (χ3v) is 1.31. The molecule has 3 heteroatoms. The maximum Gasteiger partial charge on any atom is 0.0788 e. The fourth-order valence-electron chi connectivity index (χ4n) is 0.732. The lowest BCUT2D eigenvalue weighted by atomic mass is 10.1. The number of hydrogen-bond acceptors (Lipinski definition) is 3. The van der Waals surface area contributed by atoms with Crippen LogP contribution in [-0.4, -0.2) is 36.9 Å². The van der Waals surface area contributed by atoms with Gasteiger partial charge in [-0.2, -0.15) is 0 Å². The third-order valence-electron chi connectivity index (χ3n) is 1.31. The van der Waals surface area contributed by atoms with Crippen molar-refractivity contribution in [3.63, 3.8) is 0 Å². The fourth-order valence-corrected chi connectivity index (χ4v) is 0.732.